The summed E-state index contributed by atoms with van der Waals surface area (Å²) < 4.78 is 0. The summed E-state index contributed by atoms with van der Waals surface area (Å²) in [6.45, 7) is 1.42. The number of fused-ring (bicyclic) bond motifs is 1. The minimum Gasteiger partial charge on any atom is -0.351 e. The van der Waals surface area contributed by atoms with Crippen LogP contribution in [-0.2, 0) is 4.79 Å². The van der Waals surface area contributed by atoms with Crippen LogP contribution in [-0.4, -0.2) is 36.7 Å². The van der Waals surface area contributed by atoms with Crippen molar-refractivity contribution in [3.05, 3.63) is 23.8 Å². The number of anilines is 1. The van der Waals surface area contributed by atoms with Crippen LogP contribution in [0.1, 0.15) is 48.9 Å². The van der Waals surface area contributed by atoms with Gasteiger partial charge in [0.15, 0.2) is 0 Å². The molecular formula is C18H25N3O2S. The molecule has 0 radical (unpaired) electrons. The summed E-state index contributed by atoms with van der Waals surface area (Å²) in [5.41, 5.74) is 1.33. The van der Waals surface area contributed by atoms with E-state index < -0.39 is 0 Å². The van der Waals surface area contributed by atoms with Gasteiger partial charge < -0.3 is 16.0 Å². The number of carbonyl (C=O) groups excluding carboxylic acids is 2. The number of carbonyl (C=O) groups is 2. The van der Waals surface area contributed by atoms with E-state index in [4.69, 9.17) is 0 Å². The van der Waals surface area contributed by atoms with Crippen molar-refractivity contribution in [3.63, 3.8) is 0 Å². The number of amides is 2. The van der Waals surface area contributed by atoms with Crippen molar-refractivity contribution in [1.29, 1.82) is 0 Å². The van der Waals surface area contributed by atoms with Crippen molar-refractivity contribution in [1.82, 2.24) is 10.6 Å². The molecule has 130 valence electrons. The molecule has 0 saturated heterocycles. The fourth-order valence-corrected chi connectivity index (χ4v) is 4.05. The molecule has 2 amide bonds. The molecule has 0 aromatic heterocycles. The zero-order valence-electron chi connectivity index (χ0n) is 13.9. The van der Waals surface area contributed by atoms with Crippen LogP contribution >= 0.6 is 11.8 Å². The monoisotopic (exact) mass is 347 g/mol. The van der Waals surface area contributed by atoms with Crippen LogP contribution in [0.15, 0.2) is 23.1 Å². The van der Waals surface area contributed by atoms with Gasteiger partial charge in [-0.15, -0.1) is 11.8 Å². The molecule has 1 saturated carbocycles. The van der Waals surface area contributed by atoms with Crippen LogP contribution in [0.5, 0.6) is 0 Å². The van der Waals surface area contributed by atoms with Gasteiger partial charge in [0.25, 0.3) is 5.91 Å². The van der Waals surface area contributed by atoms with Gasteiger partial charge in [-0.2, -0.15) is 0 Å². The Morgan fingerprint density at radius 3 is 2.75 bits per heavy atom. The molecule has 1 heterocycles. The second-order valence-electron chi connectivity index (χ2n) is 6.45. The van der Waals surface area contributed by atoms with Gasteiger partial charge in [0, 0.05) is 29.6 Å². The maximum Gasteiger partial charge on any atom is 0.251 e. The molecule has 1 aliphatic carbocycles. The standard InChI is InChI=1S/C18H25N3O2S/c22-17-12-24-16-8-7-13(11-15(16)21-17)18(23)20-10-9-19-14-5-3-1-2-4-6-14/h7-8,11,14,19H,1-6,9-10,12H2,(H,20,23)(H,21,22). The van der Waals surface area contributed by atoms with Crippen molar-refractivity contribution in [2.45, 2.75) is 49.5 Å². The molecule has 1 aromatic carbocycles. The van der Waals surface area contributed by atoms with Crippen LogP contribution < -0.4 is 16.0 Å². The van der Waals surface area contributed by atoms with Crippen LogP contribution in [0, 0.1) is 0 Å². The maximum atomic E-state index is 12.3. The summed E-state index contributed by atoms with van der Waals surface area (Å²) >= 11 is 1.50. The molecule has 0 bridgehead atoms. The molecule has 3 rings (SSSR count). The van der Waals surface area contributed by atoms with Crippen molar-refractivity contribution < 1.29 is 9.59 Å². The summed E-state index contributed by atoms with van der Waals surface area (Å²) in [6.07, 6.45) is 7.81. The second kappa shape index (κ2) is 8.53. The van der Waals surface area contributed by atoms with E-state index in [9.17, 15) is 9.59 Å². The first-order chi connectivity index (χ1) is 11.7. The molecule has 2 aliphatic rings. The van der Waals surface area contributed by atoms with Crippen LogP contribution in [0.3, 0.4) is 0 Å². The van der Waals surface area contributed by atoms with Gasteiger partial charge in [-0.3, -0.25) is 9.59 Å². The molecular weight excluding hydrogens is 322 g/mol. The summed E-state index contributed by atoms with van der Waals surface area (Å²) in [5, 5.41) is 9.32. The van der Waals surface area contributed by atoms with E-state index in [1.165, 1.54) is 50.3 Å². The number of nitrogens with one attached hydrogen (secondary N) is 3. The summed E-state index contributed by atoms with van der Waals surface area (Å²) in [7, 11) is 0. The van der Waals surface area contributed by atoms with Gasteiger partial charge in [-0.25, -0.2) is 0 Å². The van der Waals surface area contributed by atoms with E-state index in [0.29, 0.717) is 23.9 Å². The predicted octanol–water partition coefficient (Wildman–Crippen LogP) is 2.77. The highest BCUT2D eigenvalue weighted by Gasteiger charge is 2.17. The lowest BCUT2D eigenvalue weighted by molar-refractivity contribution is -0.113. The SMILES string of the molecule is O=C1CSc2ccc(C(=O)NCCNC3CCCCCC3)cc2N1. The Labute approximate surface area is 147 Å². The molecule has 3 N–H and O–H groups in total. The lowest BCUT2D eigenvalue weighted by Crippen LogP contribution is -2.36. The summed E-state index contributed by atoms with van der Waals surface area (Å²) in [5.74, 6) is 0.328. The molecule has 0 unspecified atom stereocenters. The van der Waals surface area contributed by atoms with E-state index >= 15 is 0 Å². The number of benzene rings is 1. The number of thioether (sulfide) groups is 1. The molecule has 1 aliphatic heterocycles. The minimum absolute atomic E-state index is 0.0161. The third-order valence-electron chi connectivity index (χ3n) is 4.57. The van der Waals surface area contributed by atoms with E-state index in [0.717, 1.165) is 17.1 Å². The lowest BCUT2D eigenvalue weighted by Gasteiger charge is -2.18. The highest BCUT2D eigenvalue weighted by Crippen LogP contribution is 2.31. The first-order valence-corrected chi connectivity index (χ1v) is 9.79. The molecule has 24 heavy (non-hydrogen) atoms. The van der Waals surface area contributed by atoms with E-state index in [-0.39, 0.29) is 11.8 Å². The van der Waals surface area contributed by atoms with Gasteiger partial charge in [0.2, 0.25) is 5.91 Å². The van der Waals surface area contributed by atoms with E-state index in [2.05, 4.69) is 16.0 Å². The second-order valence-corrected chi connectivity index (χ2v) is 7.46. The van der Waals surface area contributed by atoms with Gasteiger partial charge in [-0.05, 0) is 31.0 Å². The largest absolute Gasteiger partial charge is 0.351 e. The van der Waals surface area contributed by atoms with E-state index in [1.807, 2.05) is 12.1 Å². The van der Waals surface area contributed by atoms with Gasteiger partial charge >= 0.3 is 0 Å². The molecule has 6 heteroatoms. The molecule has 1 aromatic rings. The third-order valence-corrected chi connectivity index (χ3v) is 5.65. The smallest absolute Gasteiger partial charge is 0.251 e. The van der Waals surface area contributed by atoms with Crippen LogP contribution in [0.25, 0.3) is 0 Å². The fraction of sp³-hybridized carbons (Fsp3) is 0.556. The summed E-state index contributed by atoms with van der Waals surface area (Å²) in [6, 6.07) is 6.07. The topological polar surface area (TPSA) is 70.2 Å². The Hall–Kier alpha value is -1.53. The van der Waals surface area contributed by atoms with Gasteiger partial charge in [-0.1, -0.05) is 25.7 Å². The van der Waals surface area contributed by atoms with Crippen molar-refractivity contribution in [2.24, 2.45) is 0 Å². The quantitative estimate of drug-likeness (QED) is 0.566. The number of hydrogen-bond acceptors (Lipinski definition) is 4. The third kappa shape index (κ3) is 4.74. The maximum absolute atomic E-state index is 12.3. The number of hydrogen-bond donors (Lipinski definition) is 3. The highest BCUT2D eigenvalue weighted by atomic mass is 32.2. The first kappa shape index (κ1) is 17.3. The van der Waals surface area contributed by atoms with Crippen molar-refractivity contribution >= 4 is 29.3 Å². The molecule has 5 nitrogen and oxygen atoms in total. The number of rotatable bonds is 5. The average Bonchev–Trinajstić information content (AvgIpc) is 2.86. The Bertz CT molecular complexity index is 598. The Balaban J connectivity index is 1.45. The average molecular weight is 347 g/mol. The normalized spacial score (nSPS) is 18.4. The lowest BCUT2D eigenvalue weighted by atomic mass is 10.1. The minimum atomic E-state index is -0.0923. The predicted molar refractivity (Wildman–Crippen MR) is 97.6 cm³/mol. The molecule has 1 fully saturated rings. The zero-order chi connectivity index (χ0) is 16.8. The van der Waals surface area contributed by atoms with Gasteiger partial charge in [0.1, 0.15) is 0 Å². The van der Waals surface area contributed by atoms with Crippen molar-refractivity contribution in [3.8, 4) is 0 Å². The Morgan fingerprint density at radius 2 is 1.96 bits per heavy atom. The molecule has 0 atom stereocenters. The molecule has 0 spiro atoms. The van der Waals surface area contributed by atoms with Crippen molar-refractivity contribution in [2.75, 3.05) is 24.2 Å². The first-order valence-electron chi connectivity index (χ1n) is 8.80. The zero-order valence-corrected chi connectivity index (χ0v) is 14.7. The fourth-order valence-electron chi connectivity index (χ4n) is 3.26. The Kier molecular flexibility index (Phi) is 6.15. The Morgan fingerprint density at radius 1 is 1.17 bits per heavy atom. The van der Waals surface area contributed by atoms with Crippen LogP contribution in [0.2, 0.25) is 0 Å². The van der Waals surface area contributed by atoms with E-state index in [1.54, 1.807) is 6.07 Å². The van der Waals surface area contributed by atoms with Gasteiger partial charge in [0.05, 0.1) is 11.4 Å². The highest BCUT2D eigenvalue weighted by molar-refractivity contribution is 8.00. The summed E-state index contributed by atoms with van der Waals surface area (Å²) in [4.78, 5) is 24.7. The van der Waals surface area contributed by atoms with Crippen LogP contribution in [0.4, 0.5) is 5.69 Å².